The SMILES string of the molecule is C=C1C=CCC2C(=O)C=CC(=O)C12. The van der Waals surface area contributed by atoms with Gasteiger partial charge in [-0.05, 0) is 24.1 Å². The number of hydrogen-bond donors (Lipinski definition) is 0. The fraction of sp³-hybridized carbons (Fsp3) is 0.273. The van der Waals surface area contributed by atoms with Crippen LogP contribution in [0, 0.1) is 11.8 Å². The second-order valence-corrected chi connectivity index (χ2v) is 3.44. The molecule has 2 nitrogen and oxygen atoms in total. The fourth-order valence-electron chi connectivity index (χ4n) is 1.92. The lowest BCUT2D eigenvalue weighted by Crippen LogP contribution is -2.34. The molecule has 66 valence electrons. The average Bonchev–Trinajstić information content (AvgIpc) is 2.12. The number of hydrogen-bond acceptors (Lipinski definition) is 2. The molecule has 0 saturated heterocycles. The van der Waals surface area contributed by atoms with Crippen LogP contribution in [0.1, 0.15) is 6.42 Å². The maximum absolute atomic E-state index is 11.5. The molecule has 2 aliphatic carbocycles. The highest BCUT2D eigenvalue weighted by molar-refractivity contribution is 6.08. The molecular weight excluding hydrogens is 164 g/mol. The van der Waals surface area contributed by atoms with Crippen LogP contribution in [0.4, 0.5) is 0 Å². The number of rotatable bonds is 0. The molecule has 0 fully saturated rings. The van der Waals surface area contributed by atoms with Crippen LogP contribution in [-0.2, 0) is 9.59 Å². The van der Waals surface area contributed by atoms with E-state index in [1.165, 1.54) is 12.2 Å². The van der Waals surface area contributed by atoms with Crippen molar-refractivity contribution in [3.05, 3.63) is 36.5 Å². The fourth-order valence-corrected chi connectivity index (χ4v) is 1.92. The molecule has 0 radical (unpaired) electrons. The van der Waals surface area contributed by atoms with E-state index in [0.717, 1.165) is 5.57 Å². The van der Waals surface area contributed by atoms with Gasteiger partial charge in [-0.25, -0.2) is 0 Å². The smallest absolute Gasteiger partial charge is 0.163 e. The summed E-state index contributed by atoms with van der Waals surface area (Å²) >= 11 is 0. The van der Waals surface area contributed by atoms with Gasteiger partial charge in [-0.1, -0.05) is 18.7 Å². The first-order valence-electron chi connectivity index (χ1n) is 4.31. The van der Waals surface area contributed by atoms with E-state index in [9.17, 15) is 9.59 Å². The molecule has 2 heteroatoms. The molecule has 0 aromatic carbocycles. The predicted molar refractivity (Wildman–Crippen MR) is 49.0 cm³/mol. The number of carbonyl (C=O) groups is 2. The van der Waals surface area contributed by atoms with Crippen molar-refractivity contribution in [3.8, 4) is 0 Å². The first-order valence-corrected chi connectivity index (χ1v) is 4.31. The van der Waals surface area contributed by atoms with Crippen LogP contribution in [0.15, 0.2) is 36.5 Å². The Hall–Kier alpha value is -1.44. The normalized spacial score (nSPS) is 32.2. The molecule has 0 aliphatic heterocycles. The molecule has 2 atom stereocenters. The zero-order valence-corrected chi connectivity index (χ0v) is 7.19. The van der Waals surface area contributed by atoms with Crippen LogP contribution in [-0.4, -0.2) is 11.6 Å². The van der Waals surface area contributed by atoms with E-state index >= 15 is 0 Å². The third-order valence-corrected chi connectivity index (χ3v) is 2.61. The van der Waals surface area contributed by atoms with Crippen molar-refractivity contribution < 1.29 is 9.59 Å². The minimum Gasteiger partial charge on any atom is -0.294 e. The second kappa shape index (κ2) is 2.80. The predicted octanol–water partition coefficient (Wildman–Crippen LogP) is 1.44. The summed E-state index contributed by atoms with van der Waals surface area (Å²) in [5, 5.41) is 0. The summed E-state index contributed by atoms with van der Waals surface area (Å²) in [5.41, 5.74) is 0.763. The van der Waals surface area contributed by atoms with E-state index in [-0.39, 0.29) is 23.4 Å². The lowest BCUT2D eigenvalue weighted by Gasteiger charge is -2.28. The first-order chi connectivity index (χ1) is 6.20. The van der Waals surface area contributed by atoms with Crippen molar-refractivity contribution >= 4 is 11.6 Å². The molecule has 2 unspecified atom stereocenters. The van der Waals surface area contributed by atoms with Crippen molar-refractivity contribution in [2.24, 2.45) is 11.8 Å². The molecule has 0 bridgehead atoms. The van der Waals surface area contributed by atoms with Crippen LogP contribution in [0.5, 0.6) is 0 Å². The van der Waals surface area contributed by atoms with Crippen LogP contribution in [0.25, 0.3) is 0 Å². The van der Waals surface area contributed by atoms with Gasteiger partial charge in [-0.3, -0.25) is 9.59 Å². The highest BCUT2D eigenvalue weighted by Gasteiger charge is 2.36. The summed E-state index contributed by atoms with van der Waals surface area (Å²) in [6.07, 6.45) is 7.17. The average molecular weight is 174 g/mol. The summed E-state index contributed by atoms with van der Waals surface area (Å²) in [7, 11) is 0. The first kappa shape index (κ1) is 8.17. The molecule has 0 spiro atoms. The van der Waals surface area contributed by atoms with Crippen LogP contribution in [0.2, 0.25) is 0 Å². The number of allylic oxidation sites excluding steroid dienone is 5. The van der Waals surface area contributed by atoms with E-state index in [2.05, 4.69) is 6.58 Å². The van der Waals surface area contributed by atoms with Crippen molar-refractivity contribution in [2.75, 3.05) is 0 Å². The summed E-state index contributed by atoms with van der Waals surface area (Å²) < 4.78 is 0. The molecule has 13 heavy (non-hydrogen) atoms. The standard InChI is InChI=1S/C11H10O2/c1-7-3-2-4-8-9(12)5-6-10(13)11(7)8/h2-3,5-6,8,11H,1,4H2. The van der Waals surface area contributed by atoms with Crippen molar-refractivity contribution in [3.63, 3.8) is 0 Å². The van der Waals surface area contributed by atoms with Crippen LogP contribution < -0.4 is 0 Å². The Bertz CT molecular complexity index is 347. The molecule has 2 aliphatic rings. The zero-order valence-electron chi connectivity index (χ0n) is 7.19. The minimum atomic E-state index is -0.289. The van der Waals surface area contributed by atoms with E-state index < -0.39 is 0 Å². The Balaban J connectivity index is 2.43. The van der Waals surface area contributed by atoms with Gasteiger partial charge in [0.05, 0.1) is 5.92 Å². The van der Waals surface area contributed by atoms with Gasteiger partial charge in [0.2, 0.25) is 0 Å². The van der Waals surface area contributed by atoms with E-state index in [1.807, 2.05) is 12.2 Å². The van der Waals surface area contributed by atoms with E-state index in [1.54, 1.807) is 0 Å². The second-order valence-electron chi connectivity index (χ2n) is 3.44. The van der Waals surface area contributed by atoms with Crippen LogP contribution in [0.3, 0.4) is 0 Å². The molecule has 0 amide bonds. The lowest BCUT2D eigenvalue weighted by atomic mass is 9.73. The number of carbonyl (C=O) groups excluding carboxylic acids is 2. The Kier molecular flexibility index (Phi) is 1.76. The number of fused-ring (bicyclic) bond motifs is 1. The Labute approximate surface area is 76.6 Å². The molecular formula is C11H10O2. The van der Waals surface area contributed by atoms with Gasteiger partial charge < -0.3 is 0 Å². The van der Waals surface area contributed by atoms with Gasteiger partial charge in [-0.15, -0.1) is 0 Å². The zero-order chi connectivity index (χ0) is 9.42. The van der Waals surface area contributed by atoms with Gasteiger partial charge in [0.1, 0.15) is 0 Å². The minimum absolute atomic E-state index is 0.0129. The Morgan fingerprint density at radius 3 is 2.54 bits per heavy atom. The van der Waals surface area contributed by atoms with Gasteiger partial charge in [0, 0.05) is 5.92 Å². The Morgan fingerprint density at radius 1 is 1.15 bits per heavy atom. The molecule has 0 aromatic rings. The van der Waals surface area contributed by atoms with Crippen molar-refractivity contribution in [1.82, 2.24) is 0 Å². The largest absolute Gasteiger partial charge is 0.294 e. The highest BCUT2D eigenvalue weighted by atomic mass is 16.1. The molecule has 0 saturated carbocycles. The lowest BCUT2D eigenvalue weighted by molar-refractivity contribution is -0.127. The maximum atomic E-state index is 11.5. The Morgan fingerprint density at radius 2 is 1.85 bits per heavy atom. The summed E-state index contributed by atoms with van der Waals surface area (Å²) in [4.78, 5) is 22.9. The quantitative estimate of drug-likeness (QED) is 0.557. The monoisotopic (exact) mass is 174 g/mol. The van der Waals surface area contributed by atoms with Gasteiger partial charge in [-0.2, -0.15) is 0 Å². The van der Waals surface area contributed by atoms with Gasteiger partial charge in [0.15, 0.2) is 11.6 Å². The molecule has 0 heterocycles. The summed E-state index contributed by atoms with van der Waals surface area (Å²) in [6.45, 7) is 3.79. The summed E-state index contributed by atoms with van der Waals surface area (Å²) in [5.74, 6) is -0.411. The van der Waals surface area contributed by atoms with Gasteiger partial charge >= 0.3 is 0 Å². The topological polar surface area (TPSA) is 34.1 Å². The maximum Gasteiger partial charge on any atom is 0.163 e. The molecule has 0 N–H and O–H groups in total. The van der Waals surface area contributed by atoms with Crippen molar-refractivity contribution in [2.45, 2.75) is 6.42 Å². The van der Waals surface area contributed by atoms with E-state index in [0.29, 0.717) is 6.42 Å². The molecule has 0 aromatic heterocycles. The van der Waals surface area contributed by atoms with Crippen LogP contribution >= 0.6 is 0 Å². The van der Waals surface area contributed by atoms with Gasteiger partial charge in [0.25, 0.3) is 0 Å². The number of ketones is 2. The van der Waals surface area contributed by atoms with E-state index in [4.69, 9.17) is 0 Å². The van der Waals surface area contributed by atoms with Crippen molar-refractivity contribution in [1.29, 1.82) is 0 Å². The third kappa shape index (κ3) is 1.18. The highest BCUT2D eigenvalue weighted by Crippen LogP contribution is 2.33. The summed E-state index contributed by atoms with van der Waals surface area (Å²) in [6, 6.07) is 0. The third-order valence-electron chi connectivity index (χ3n) is 2.61. The molecule has 2 rings (SSSR count).